The van der Waals surface area contributed by atoms with Gasteiger partial charge in [0.15, 0.2) is 17.4 Å². The zero-order valence-corrected chi connectivity index (χ0v) is 17.6. The number of imidazole rings is 1. The van der Waals surface area contributed by atoms with E-state index in [1.54, 1.807) is 0 Å². The largest absolute Gasteiger partial charge is 0.490 e. The van der Waals surface area contributed by atoms with Crippen molar-refractivity contribution in [2.45, 2.75) is 24.9 Å². The van der Waals surface area contributed by atoms with Gasteiger partial charge in [-0.15, -0.1) is 0 Å². The minimum atomic E-state index is -5.46. The first-order valence-corrected chi connectivity index (χ1v) is 12.3. The summed E-state index contributed by atoms with van der Waals surface area (Å²) >= 11 is 0. The van der Waals surface area contributed by atoms with Crippen LogP contribution in [0.4, 0.5) is 4.39 Å². The number of rotatable bonds is 6. The van der Waals surface area contributed by atoms with E-state index in [0.717, 1.165) is 0 Å². The molecule has 0 saturated carbocycles. The number of halogens is 1. The minimum absolute atomic E-state index is 0.115. The fourth-order valence-electron chi connectivity index (χ4n) is 2.40. The van der Waals surface area contributed by atoms with Crippen LogP contribution in [0.25, 0.3) is 11.2 Å². The number of hydrogen-bond acceptors (Lipinski definition) is 10. The maximum atomic E-state index is 13.8. The van der Waals surface area contributed by atoms with Gasteiger partial charge in [0.1, 0.15) is 6.17 Å². The second-order valence-corrected chi connectivity index (χ2v) is 9.96. The van der Waals surface area contributed by atoms with Gasteiger partial charge in [0.2, 0.25) is 0 Å². The van der Waals surface area contributed by atoms with Crippen molar-refractivity contribution in [2.75, 3.05) is 6.61 Å². The number of aliphatic hydroxyl groups is 1. The first kappa shape index (κ1) is 25.9. The Kier molecular flexibility index (Phi) is 8.03. The summed E-state index contributed by atoms with van der Waals surface area (Å²) in [7, 11) is -16.2. The molecular weight excluding hydrogens is 496 g/mol. The number of H-pyrrole nitrogens is 1. The van der Waals surface area contributed by atoms with Crippen LogP contribution in [0.2, 0.25) is 0 Å². The second-order valence-electron chi connectivity index (χ2n) is 5.75. The van der Waals surface area contributed by atoms with Gasteiger partial charge in [-0.2, -0.15) is 8.62 Å². The predicted molar refractivity (Wildman–Crippen MR) is 94.7 cm³/mol. The number of aliphatic hydroxyl groups excluding tert-OH is 1. The molecule has 1 saturated heterocycles. The Morgan fingerprint density at radius 1 is 1.16 bits per heavy atom. The van der Waals surface area contributed by atoms with Crippen molar-refractivity contribution in [3.63, 3.8) is 0 Å². The first-order chi connectivity index (χ1) is 14.1. The molecule has 2 aromatic heterocycles. The fraction of sp³-hybridized carbons (Fsp3) is 0.500. The van der Waals surface area contributed by atoms with Gasteiger partial charge in [0.05, 0.1) is 25.4 Å². The highest BCUT2D eigenvalue weighted by molar-refractivity contribution is 7.66. The van der Waals surface area contributed by atoms with Crippen LogP contribution in [-0.2, 0) is 27.1 Å². The molecule has 0 aliphatic carbocycles. The van der Waals surface area contributed by atoms with Crippen molar-refractivity contribution in [3.05, 3.63) is 23.0 Å². The number of hydrogen-bond donors (Lipinski definition) is 7. The molecule has 176 valence electrons. The van der Waals surface area contributed by atoms with Crippen LogP contribution in [0.5, 0.6) is 0 Å². The van der Waals surface area contributed by atoms with E-state index < -0.39 is 42.0 Å². The third-order valence-electron chi connectivity index (χ3n) is 3.39. The molecule has 1 aliphatic rings. The molecule has 7 N–H and O–H groups in total. The summed E-state index contributed by atoms with van der Waals surface area (Å²) in [4.78, 5) is 61.9. The minimum Gasteiger partial charge on any atom is -0.394 e. The Labute approximate surface area is 170 Å². The van der Waals surface area contributed by atoms with E-state index in [1.807, 2.05) is 0 Å². The molecule has 1 aliphatic heterocycles. The lowest BCUT2D eigenvalue weighted by atomic mass is 10.2. The van der Waals surface area contributed by atoms with Crippen LogP contribution in [0.1, 0.15) is 12.6 Å². The number of fused-ring (bicyclic) bond motifs is 1. The number of nitrogens with zero attached hydrogens (tertiary/aromatic N) is 3. The monoisotopic (exact) mass is 512 g/mol. The van der Waals surface area contributed by atoms with Crippen molar-refractivity contribution in [1.82, 2.24) is 19.5 Å². The SMILES string of the molecule is O=P(O)(O)OP(=O)(O)OP(=O)(O)O.O=c1[nH]cnc2c1ncn2[C@@H]1O[C@H](CO)C[C@@H]1F. The Morgan fingerprint density at radius 3 is 2.23 bits per heavy atom. The van der Waals surface area contributed by atoms with Crippen LogP contribution < -0.4 is 5.56 Å². The summed E-state index contributed by atoms with van der Waals surface area (Å²) < 4.78 is 56.9. The van der Waals surface area contributed by atoms with Gasteiger partial charge < -0.3 is 39.3 Å². The average molecular weight is 512 g/mol. The summed E-state index contributed by atoms with van der Waals surface area (Å²) in [6.45, 7) is -0.239. The Balaban J connectivity index is 0.000000235. The Hall–Kier alpha value is -1.39. The lowest BCUT2D eigenvalue weighted by Crippen LogP contribution is -2.17. The molecule has 0 radical (unpaired) electrons. The third kappa shape index (κ3) is 7.61. The van der Waals surface area contributed by atoms with E-state index in [9.17, 15) is 22.9 Å². The fourth-order valence-corrected chi connectivity index (χ4v) is 4.93. The highest BCUT2D eigenvalue weighted by Crippen LogP contribution is 2.64. The quantitative estimate of drug-likeness (QED) is 0.230. The van der Waals surface area contributed by atoms with Crippen molar-refractivity contribution >= 4 is 34.6 Å². The third-order valence-corrected chi connectivity index (χ3v) is 6.74. The van der Waals surface area contributed by atoms with Gasteiger partial charge >= 0.3 is 23.5 Å². The van der Waals surface area contributed by atoms with Crippen LogP contribution in [0.3, 0.4) is 0 Å². The number of aromatic nitrogens is 4. The van der Waals surface area contributed by atoms with Crippen molar-refractivity contribution < 1.29 is 61.0 Å². The number of ether oxygens (including phenoxy) is 1. The Morgan fingerprint density at radius 2 is 1.74 bits per heavy atom. The van der Waals surface area contributed by atoms with Gasteiger partial charge in [-0.1, -0.05) is 0 Å². The van der Waals surface area contributed by atoms with E-state index in [0.29, 0.717) is 0 Å². The van der Waals surface area contributed by atoms with E-state index in [1.165, 1.54) is 17.2 Å². The molecule has 21 heteroatoms. The van der Waals surface area contributed by atoms with Crippen LogP contribution in [0, 0.1) is 0 Å². The number of phosphoric acid groups is 3. The lowest BCUT2D eigenvalue weighted by Gasteiger charge is -2.14. The zero-order valence-electron chi connectivity index (χ0n) is 14.9. The van der Waals surface area contributed by atoms with E-state index in [-0.39, 0.29) is 29.8 Å². The summed E-state index contributed by atoms with van der Waals surface area (Å²) in [6.07, 6.45) is -0.0331. The highest BCUT2D eigenvalue weighted by atomic mass is 31.3. The normalized spacial score (nSPS) is 22.4. The molecule has 2 aromatic rings. The summed E-state index contributed by atoms with van der Waals surface area (Å²) in [6, 6.07) is 0. The molecule has 3 atom stereocenters. The first-order valence-electron chi connectivity index (χ1n) is 7.79. The molecule has 0 amide bonds. The Bertz CT molecular complexity index is 1080. The van der Waals surface area contributed by atoms with E-state index in [2.05, 4.69) is 23.6 Å². The number of nitrogens with one attached hydrogen (secondary N) is 1. The highest BCUT2D eigenvalue weighted by Gasteiger charge is 2.39. The summed E-state index contributed by atoms with van der Waals surface area (Å²) in [5.41, 5.74) is 0.0246. The molecule has 0 bridgehead atoms. The molecule has 0 spiro atoms. The maximum Gasteiger partial charge on any atom is 0.490 e. The smallest absolute Gasteiger partial charge is 0.394 e. The standard InChI is InChI=1S/C10H11FN4O3.H5O10P3/c11-6-1-5(2-16)18-10(6)15-4-14-7-8(15)12-3-13-9(7)17;1-11(2,3)9-13(7,8)10-12(4,5)6/h3-6,10,16H,1-2H2,(H,12,13,17);(H,7,8)(H2,1,2,3)(H2,4,5,6)/t5-,6-,10+;/m0./s1. The van der Waals surface area contributed by atoms with E-state index >= 15 is 0 Å². The molecule has 3 heterocycles. The van der Waals surface area contributed by atoms with Gasteiger partial charge in [0.25, 0.3) is 5.56 Å². The molecule has 3 rings (SSSR count). The van der Waals surface area contributed by atoms with Crippen molar-refractivity contribution in [2.24, 2.45) is 0 Å². The number of alkyl halides is 1. The summed E-state index contributed by atoms with van der Waals surface area (Å²) in [5, 5.41) is 8.97. The molecule has 1 fully saturated rings. The van der Waals surface area contributed by atoms with Gasteiger partial charge in [0, 0.05) is 6.42 Å². The molecule has 0 aromatic carbocycles. The van der Waals surface area contributed by atoms with Crippen molar-refractivity contribution in [1.29, 1.82) is 0 Å². The maximum absolute atomic E-state index is 13.8. The molecule has 17 nitrogen and oxygen atoms in total. The van der Waals surface area contributed by atoms with Crippen LogP contribution in [0.15, 0.2) is 17.4 Å². The van der Waals surface area contributed by atoms with E-state index in [4.69, 9.17) is 34.3 Å². The average Bonchev–Trinajstić information content (AvgIpc) is 3.14. The molecule has 31 heavy (non-hydrogen) atoms. The summed E-state index contributed by atoms with van der Waals surface area (Å²) in [5.74, 6) is 0. The predicted octanol–water partition coefficient (Wildman–Crippen LogP) is -0.957. The number of aromatic amines is 1. The molecular formula is C10H16FN4O13P3. The topological polar surface area (TPSA) is 264 Å². The van der Waals surface area contributed by atoms with Crippen molar-refractivity contribution in [3.8, 4) is 0 Å². The lowest BCUT2D eigenvalue weighted by molar-refractivity contribution is -0.0351. The van der Waals surface area contributed by atoms with Gasteiger partial charge in [-0.3, -0.25) is 9.36 Å². The van der Waals surface area contributed by atoms with Crippen LogP contribution >= 0.6 is 23.5 Å². The zero-order chi connectivity index (χ0) is 23.6. The second kappa shape index (κ2) is 9.62. The van der Waals surface area contributed by atoms with Gasteiger partial charge in [-0.05, 0) is 0 Å². The molecule has 0 unspecified atom stereocenters. The van der Waals surface area contributed by atoms with Crippen LogP contribution in [-0.4, -0.2) is 68.0 Å². The van der Waals surface area contributed by atoms with Gasteiger partial charge in [-0.25, -0.2) is 28.1 Å².